The lowest BCUT2D eigenvalue weighted by Crippen LogP contribution is -2.19. The molecule has 1 aromatic heterocycles. The summed E-state index contributed by atoms with van der Waals surface area (Å²) in [5, 5.41) is 12.0. The first-order valence-corrected chi connectivity index (χ1v) is 7.76. The third-order valence-electron chi connectivity index (χ3n) is 3.03. The van der Waals surface area contributed by atoms with Gasteiger partial charge in [0.25, 0.3) is 5.91 Å². The van der Waals surface area contributed by atoms with E-state index in [0.29, 0.717) is 21.5 Å². The van der Waals surface area contributed by atoms with Gasteiger partial charge in [0, 0.05) is 0 Å². The third-order valence-corrected chi connectivity index (χ3v) is 3.95. The molecule has 2 N–H and O–H groups in total. The number of thioether (sulfide) groups is 1. The van der Waals surface area contributed by atoms with Gasteiger partial charge in [-0.05, 0) is 54.2 Å². The molecule has 24 heavy (non-hydrogen) atoms. The number of benzene rings is 1. The van der Waals surface area contributed by atoms with E-state index < -0.39 is 5.97 Å². The number of rotatable bonds is 4. The average molecular weight is 340 g/mol. The van der Waals surface area contributed by atoms with Crippen LogP contribution in [0.1, 0.15) is 16.1 Å². The van der Waals surface area contributed by atoms with E-state index in [1.54, 1.807) is 48.8 Å². The summed E-state index contributed by atoms with van der Waals surface area (Å²) in [4.78, 5) is 27.6. The Morgan fingerprint density at radius 3 is 2.92 bits per heavy atom. The van der Waals surface area contributed by atoms with Crippen molar-refractivity contribution in [2.24, 2.45) is 4.99 Å². The lowest BCUT2D eigenvalue weighted by molar-refractivity contribution is -0.115. The van der Waals surface area contributed by atoms with Gasteiger partial charge in [-0.2, -0.15) is 0 Å². The van der Waals surface area contributed by atoms with Gasteiger partial charge in [-0.25, -0.2) is 9.79 Å². The van der Waals surface area contributed by atoms with Gasteiger partial charge in [0.1, 0.15) is 5.76 Å². The number of amidine groups is 1. The lowest BCUT2D eigenvalue weighted by Gasteiger charge is -1.98. The highest BCUT2D eigenvalue weighted by Gasteiger charge is 2.23. The molecule has 7 heteroatoms. The zero-order valence-corrected chi connectivity index (χ0v) is 13.1. The molecule has 3 rings (SSSR count). The van der Waals surface area contributed by atoms with Crippen molar-refractivity contribution in [1.82, 2.24) is 5.32 Å². The summed E-state index contributed by atoms with van der Waals surface area (Å²) in [6.07, 6.45) is 6.69. The number of allylic oxidation sites excluding steroid dienone is 2. The molecule has 1 fully saturated rings. The molecule has 0 bridgehead atoms. The number of amides is 1. The maximum Gasteiger partial charge on any atom is 0.335 e. The zero-order chi connectivity index (χ0) is 16.9. The molecule has 120 valence electrons. The van der Waals surface area contributed by atoms with E-state index in [1.165, 1.54) is 23.9 Å². The topological polar surface area (TPSA) is 91.9 Å². The van der Waals surface area contributed by atoms with Crippen LogP contribution in [-0.4, -0.2) is 22.2 Å². The second-order valence-corrected chi connectivity index (χ2v) is 5.76. The van der Waals surface area contributed by atoms with Gasteiger partial charge >= 0.3 is 5.97 Å². The van der Waals surface area contributed by atoms with Crippen molar-refractivity contribution in [2.75, 3.05) is 0 Å². The van der Waals surface area contributed by atoms with E-state index in [9.17, 15) is 9.59 Å². The van der Waals surface area contributed by atoms with Crippen LogP contribution in [0.3, 0.4) is 0 Å². The van der Waals surface area contributed by atoms with Gasteiger partial charge in [0.15, 0.2) is 5.17 Å². The first-order valence-electron chi connectivity index (χ1n) is 6.95. The molecule has 1 saturated heterocycles. The second kappa shape index (κ2) is 7.01. The Balaban J connectivity index is 1.74. The Hall–Kier alpha value is -3.06. The van der Waals surface area contributed by atoms with Crippen LogP contribution in [0.15, 0.2) is 69.1 Å². The number of hydrogen-bond acceptors (Lipinski definition) is 5. The highest BCUT2D eigenvalue weighted by atomic mass is 32.2. The Labute approximate surface area is 141 Å². The minimum Gasteiger partial charge on any atom is -0.478 e. The fraction of sp³-hybridized carbons (Fsp3) is 0. The Bertz CT molecular complexity index is 866. The smallest absolute Gasteiger partial charge is 0.335 e. The van der Waals surface area contributed by atoms with E-state index >= 15 is 0 Å². The van der Waals surface area contributed by atoms with Crippen molar-refractivity contribution < 1.29 is 19.1 Å². The number of hydrogen-bond donors (Lipinski definition) is 2. The quantitative estimate of drug-likeness (QED) is 0.832. The maximum atomic E-state index is 11.9. The molecule has 1 aromatic carbocycles. The van der Waals surface area contributed by atoms with Crippen LogP contribution in [0.5, 0.6) is 0 Å². The van der Waals surface area contributed by atoms with Crippen molar-refractivity contribution in [3.8, 4) is 0 Å². The third kappa shape index (κ3) is 3.82. The van der Waals surface area contributed by atoms with Crippen LogP contribution in [0.2, 0.25) is 0 Å². The van der Waals surface area contributed by atoms with Gasteiger partial charge in [0.05, 0.1) is 22.4 Å². The van der Waals surface area contributed by atoms with E-state index in [2.05, 4.69) is 10.3 Å². The summed E-state index contributed by atoms with van der Waals surface area (Å²) in [7, 11) is 0. The number of nitrogens with one attached hydrogen (secondary N) is 1. The largest absolute Gasteiger partial charge is 0.478 e. The standard InChI is InChI=1S/C17H12N2O4S/c20-15-14(8-2-6-13-7-3-9-23-13)24-17(19-15)18-12-5-1-4-11(10-12)16(21)22/h1-10H,(H,21,22)(H,18,19,20)/b6-2+,14-8+. The molecule has 1 amide bonds. The second-order valence-electron chi connectivity index (χ2n) is 4.73. The number of carboxylic acids is 1. The van der Waals surface area contributed by atoms with Crippen molar-refractivity contribution in [2.45, 2.75) is 0 Å². The van der Waals surface area contributed by atoms with Crippen LogP contribution in [0, 0.1) is 0 Å². The summed E-state index contributed by atoms with van der Waals surface area (Å²) in [6.45, 7) is 0. The van der Waals surface area contributed by atoms with Crippen LogP contribution in [-0.2, 0) is 4.79 Å². The van der Waals surface area contributed by atoms with Crippen LogP contribution >= 0.6 is 11.8 Å². The molecular weight excluding hydrogens is 328 g/mol. The molecule has 2 heterocycles. The van der Waals surface area contributed by atoms with Crippen molar-refractivity contribution >= 4 is 40.6 Å². The fourth-order valence-electron chi connectivity index (χ4n) is 1.94. The molecule has 0 spiro atoms. The number of aromatic carboxylic acids is 1. The van der Waals surface area contributed by atoms with E-state index in [0.717, 1.165) is 0 Å². The Kier molecular flexibility index (Phi) is 4.62. The molecule has 0 unspecified atom stereocenters. The van der Waals surface area contributed by atoms with Gasteiger partial charge in [0.2, 0.25) is 0 Å². The molecule has 6 nitrogen and oxygen atoms in total. The van der Waals surface area contributed by atoms with E-state index in [4.69, 9.17) is 9.52 Å². The molecule has 1 aliphatic heterocycles. The van der Waals surface area contributed by atoms with Gasteiger partial charge in [-0.15, -0.1) is 0 Å². The molecule has 0 aliphatic carbocycles. The predicted octanol–water partition coefficient (Wildman–Crippen LogP) is 3.43. The van der Waals surface area contributed by atoms with Crippen molar-refractivity contribution in [3.05, 3.63) is 71.0 Å². The van der Waals surface area contributed by atoms with Crippen molar-refractivity contribution in [1.29, 1.82) is 0 Å². The number of carbonyl (C=O) groups excluding carboxylic acids is 1. The summed E-state index contributed by atoms with van der Waals surface area (Å²) in [5.74, 6) is -0.587. The first-order chi connectivity index (χ1) is 11.6. The highest BCUT2D eigenvalue weighted by molar-refractivity contribution is 8.18. The first kappa shape index (κ1) is 15.8. The fourth-order valence-corrected chi connectivity index (χ4v) is 2.73. The predicted molar refractivity (Wildman–Crippen MR) is 92.1 cm³/mol. The maximum absolute atomic E-state index is 11.9. The van der Waals surface area contributed by atoms with Gasteiger partial charge < -0.3 is 14.8 Å². The summed E-state index contributed by atoms with van der Waals surface area (Å²) in [5.41, 5.74) is 0.605. The minimum absolute atomic E-state index is 0.142. The molecule has 0 radical (unpaired) electrons. The van der Waals surface area contributed by atoms with E-state index in [1.807, 2.05) is 0 Å². The Morgan fingerprint density at radius 2 is 2.17 bits per heavy atom. The molecule has 1 aliphatic rings. The van der Waals surface area contributed by atoms with Crippen molar-refractivity contribution in [3.63, 3.8) is 0 Å². The van der Waals surface area contributed by atoms with Crippen LogP contribution in [0.25, 0.3) is 6.08 Å². The number of carboxylic acid groups (broad SMARTS) is 1. The SMILES string of the molecule is O=C1NC(=Nc2cccc(C(=O)O)c2)S/C1=C/C=C/c1ccco1. The number of furan rings is 1. The van der Waals surface area contributed by atoms with E-state index in [-0.39, 0.29) is 11.5 Å². The summed E-state index contributed by atoms with van der Waals surface area (Å²) in [6, 6.07) is 9.79. The molecule has 2 aromatic rings. The zero-order valence-electron chi connectivity index (χ0n) is 12.3. The number of nitrogens with zero attached hydrogens (tertiary/aromatic N) is 1. The lowest BCUT2D eigenvalue weighted by atomic mass is 10.2. The summed E-state index contributed by atoms with van der Waals surface area (Å²) < 4.78 is 5.16. The molecule has 0 atom stereocenters. The summed E-state index contributed by atoms with van der Waals surface area (Å²) >= 11 is 1.19. The van der Waals surface area contributed by atoms with Gasteiger partial charge in [-0.1, -0.05) is 12.1 Å². The minimum atomic E-state index is -1.02. The van der Waals surface area contributed by atoms with Crippen LogP contribution < -0.4 is 5.32 Å². The molecular formula is C17H12N2O4S. The monoisotopic (exact) mass is 340 g/mol. The number of aliphatic imine (C=N–C) groups is 1. The van der Waals surface area contributed by atoms with Gasteiger partial charge in [-0.3, -0.25) is 4.79 Å². The highest BCUT2D eigenvalue weighted by Crippen LogP contribution is 2.26. The van der Waals surface area contributed by atoms with Crippen LogP contribution in [0.4, 0.5) is 5.69 Å². The average Bonchev–Trinajstić information content (AvgIpc) is 3.18. The number of carbonyl (C=O) groups is 2. The normalized spacial score (nSPS) is 17.8. The Morgan fingerprint density at radius 1 is 1.29 bits per heavy atom. The molecule has 0 saturated carbocycles.